The lowest BCUT2D eigenvalue weighted by Crippen LogP contribution is -2.26. The van der Waals surface area contributed by atoms with Crippen molar-refractivity contribution in [2.45, 2.75) is 13.0 Å². The molecule has 4 aromatic rings. The van der Waals surface area contributed by atoms with Gasteiger partial charge in [0.05, 0.1) is 17.6 Å². The maximum absolute atomic E-state index is 14.2. The smallest absolute Gasteiger partial charge is 0.251 e. The summed E-state index contributed by atoms with van der Waals surface area (Å²) in [4.78, 5) is 17.1. The molecule has 0 unspecified atom stereocenters. The third kappa shape index (κ3) is 4.38. The second-order valence-corrected chi connectivity index (χ2v) is 7.63. The zero-order valence-electron chi connectivity index (χ0n) is 15.6. The summed E-state index contributed by atoms with van der Waals surface area (Å²) in [6, 6.07) is 21.8. The number of halogens is 2. The highest BCUT2D eigenvalue weighted by Crippen LogP contribution is 2.19. The van der Waals surface area contributed by atoms with Crippen molar-refractivity contribution in [3.05, 3.63) is 100 Å². The number of imidazole rings is 1. The number of para-hydroxylation sites is 2. The van der Waals surface area contributed by atoms with E-state index in [0.717, 1.165) is 21.3 Å². The van der Waals surface area contributed by atoms with E-state index in [1.807, 2.05) is 47.0 Å². The van der Waals surface area contributed by atoms with Gasteiger partial charge >= 0.3 is 0 Å². The van der Waals surface area contributed by atoms with Crippen LogP contribution < -0.4 is 5.32 Å². The number of carbonyl (C=O) groups excluding carboxylic acids is 1. The van der Waals surface area contributed by atoms with Crippen LogP contribution in [-0.2, 0) is 13.0 Å². The van der Waals surface area contributed by atoms with Crippen LogP contribution in [0.2, 0.25) is 0 Å². The van der Waals surface area contributed by atoms with Gasteiger partial charge in [0.25, 0.3) is 5.91 Å². The van der Waals surface area contributed by atoms with E-state index < -0.39 is 0 Å². The first kappa shape index (κ1) is 19.3. The normalized spacial score (nSPS) is 11.0. The van der Waals surface area contributed by atoms with Gasteiger partial charge in [-0.25, -0.2) is 9.37 Å². The molecule has 0 atom stereocenters. The zero-order valence-corrected chi connectivity index (χ0v) is 17.2. The largest absolute Gasteiger partial charge is 0.352 e. The van der Waals surface area contributed by atoms with Crippen LogP contribution in [0.15, 0.2) is 77.3 Å². The number of amides is 1. The van der Waals surface area contributed by atoms with Crippen molar-refractivity contribution >= 4 is 32.9 Å². The molecule has 0 aliphatic heterocycles. The van der Waals surface area contributed by atoms with Gasteiger partial charge in [0.2, 0.25) is 0 Å². The Bertz CT molecular complexity index is 1170. The van der Waals surface area contributed by atoms with Gasteiger partial charge in [-0.3, -0.25) is 4.79 Å². The molecule has 4 nitrogen and oxygen atoms in total. The molecule has 29 heavy (non-hydrogen) atoms. The van der Waals surface area contributed by atoms with E-state index in [-0.39, 0.29) is 11.7 Å². The SMILES string of the molecule is O=C(NCCc1nc2ccccc2n1Cc1ccccc1F)c1cccc(Br)c1. The van der Waals surface area contributed by atoms with Crippen molar-refractivity contribution in [1.82, 2.24) is 14.9 Å². The van der Waals surface area contributed by atoms with E-state index >= 15 is 0 Å². The van der Waals surface area contributed by atoms with E-state index in [4.69, 9.17) is 4.98 Å². The number of rotatable bonds is 6. The topological polar surface area (TPSA) is 46.9 Å². The molecule has 1 N–H and O–H groups in total. The van der Waals surface area contributed by atoms with Crippen LogP contribution in [0.4, 0.5) is 4.39 Å². The second kappa shape index (κ2) is 8.57. The Kier molecular flexibility index (Phi) is 5.71. The minimum Gasteiger partial charge on any atom is -0.352 e. The van der Waals surface area contributed by atoms with Crippen molar-refractivity contribution < 1.29 is 9.18 Å². The standard InChI is InChI=1S/C23H19BrFN3O/c24-18-8-5-7-16(14-18)23(29)26-13-12-22-27-20-10-3-4-11-21(20)28(22)15-17-6-1-2-9-19(17)25/h1-11,14H,12-13,15H2,(H,26,29). The molecule has 1 aromatic heterocycles. The maximum Gasteiger partial charge on any atom is 0.251 e. The Morgan fingerprint density at radius 2 is 1.83 bits per heavy atom. The summed E-state index contributed by atoms with van der Waals surface area (Å²) >= 11 is 3.38. The quantitative estimate of drug-likeness (QED) is 0.450. The zero-order chi connectivity index (χ0) is 20.2. The number of carbonyl (C=O) groups is 1. The van der Waals surface area contributed by atoms with Crippen molar-refractivity contribution in [3.63, 3.8) is 0 Å². The Balaban J connectivity index is 1.54. The Hall–Kier alpha value is -2.99. The molecule has 3 aromatic carbocycles. The third-order valence-electron chi connectivity index (χ3n) is 4.74. The van der Waals surface area contributed by atoms with Crippen molar-refractivity contribution in [1.29, 1.82) is 0 Å². The molecule has 146 valence electrons. The number of fused-ring (bicyclic) bond motifs is 1. The highest BCUT2D eigenvalue weighted by molar-refractivity contribution is 9.10. The molecule has 0 radical (unpaired) electrons. The average molecular weight is 452 g/mol. The summed E-state index contributed by atoms with van der Waals surface area (Å²) < 4.78 is 17.1. The Morgan fingerprint density at radius 3 is 2.66 bits per heavy atom. The first-order valence-electron chi connectivity index (χ1n) is 9.33. The Labute approximate surface area is 176 Å². The molecule has 1 heterocycles. The predicted molar refractivity (Wildman–Crippen MR) is 115 cm³/mol. The molecule has 4 rings (SSSR count). The van der Waals surface area contributed by atoms with Crippen molar-refractivity contribution in [3.8, 4) is 0 Å². The molecule has 0 bridgehead atoms. The maximum atomic E-state index is 14.2. The summed E-state index contributed by atoms with van der Waals surface area (Å²) in [7, 11) is 0. The van der Waals surface area contributed by atoms with Gasteiger partial charge in [0.15, 0.2) is 0 Å². The van der Waals surface area contributed by atoms with Crippen molar-refractivity contribution in [2.24, 2.45) is 0 Å². The monoisotopic (exact) mass is 451 g/mol. The molecule has 0 aliphatic carbocycles. The van der Waals surface area contributed by atoms with E-state index in [1.165, 1.54) is 6.07 Å². The van der Waals surface area contributed by atoms with Gasteiger partial charge in [-0.15, -0.1) is 0 Å². The lowest BCUT2D eigenvalue weighted by atomic mass is 10.2. The molecule has 0 spiro atoms. The van der Waals surface area contributed by atoms with Gasteiger partial charge in [0, 0.05) is 28.6 Å². The molecule has 1 amide bonds. The molecular formula is C23H19BrFN3O. The summed E-state index contributed by atoms with van der Waals surface area (Å²) in [5, 5.41) is 2.93. The summed E-state index contributed by atoms with van der Waals surface area (Å²) in [6.45, 7) is 0.827. The van der Waals surface area contributed by atoms with Crippen LogP contribution in [-0.4, -0.2) is 22.0 Å². The fourth-order valence-corrected chi connectivity index (χ4v) is 3.71. The van der Waals surface area contributed by atoms with Crippen LogP contribution in [0, 0.1) is 5.82 Å². The van der Waals surface area contributed by atoms with E-state index in [2.05, 4.69) is 21.2 Å². The first-order valence-corrected chi connectivity index (χ1v) is 10.1. The molecule has 0 saturated carbocycles. The summed E-state index contributed by atoms with van der Waals surface area (Å²) in [5.74, 6) is 0.436. The number of hydrogen-bond acceptors (Lipinski definition) is 2. The van der Waals surface area contributed by atoms with Gasteiger partial charge in [0.1, 0.15) is 11.6 Å². The van der Waals surface area contributed by atoms with Gasteiger partial charge in [-0.2, -0.15) is 0 Å². The predicted octanol–water partition coefficient (Wildman–Crippen LogP) is 4.96. The third-order valence-corrected chi connectivity index (χ3v) is 5.23. The number of nitrogens with zero attached hydrogens (tertiary/aromatic N) is 2. The first-order chi connectivity index (χ1) is 14.1. The van der Waals surface area contributed by atoms with Crippen LogP contribution in [0.1, 0.15) is 21.7 Å². The minimum absolute atomic E-state index is 0.136. The highest BCUT2D eigenvalue weighted by atomic mass is 79.9. The van der Waals surface area contributed by atoms with E-state index in [0.29, 0.717) is 30.6 Å². The summed E-state index contributed by atoms with van der Waals surface area (Å²) in [5.41, 5.74) is 3.01. The van der Waals surface area contributed by atoms with E-state index in [9.17, 15) is 9.18 Å². The molecular weight excluding hydrogens is 433 g/mol. The fourth-order valence-electron chi connectivity index (χ4n) is 3.31. The minimum atomic E-state index is -0.237. The number of aromatic nitrogens is 2. The number of benzene rings is 3. The summed E-state index contributed by atoms with van der Waals surface area (Å²) in [6.07, 6.45) is 0.545. The van der Waals surface area contributed by atoms with Crippen LogP contribution in [0.3, 0.4) is 0 Å². The van der Waals surface area contributed by atoms with Gasteiger partial charge in [-0.05, 0) is 36.4 Å². The van der Waals surface area contributed by atoms with Gasteiger partial charge in [-0.1, -0.05) is 52.3 Å². The van der Waals surface area contributed by atoms with Crippen LogP contribution >= 0.6 is 15.9 Å². The molecule has 0 saturated heterocycles. The lowest BCUT2D eigenvalue weighted by molar-refractivity contribution is 0.0954. The second-order valence-electron chi connectivity index (χ2n) is 6.71. The van der Waals surface area contributed by atoms with Crippen molar-refractivity contribution in [2.75, 3.05) is 6.54 Å². The number of hydrogen-bond donors (Lipinski definition) is 1. The fraction of sp³-hybridized carbons (Fsp3) is 0.130. The van der Waals surface area contributed by atoms with Gasteiger partial charge < -0.3 is 9.88 Å². The molecule has 6 heteroatoms. The number of nitrogens with one attached hydrogen (secondary N) is 1. The molecule has 0 aliphatic rings. The Morgan fingerprint density at radius 1 is 1.03 bits per heavy atom. The van der Waals surface area contributed by atoms with Crippen LogP contribution in [0.5, 0.6) is 0 Å². The van der Waals surface area contributed by atoms with Crippen LogP contribution in [0.25, 0.3) is 11.0 Å². The lowest BCUT2D eigenvalue weighted by Gasteiger charge is -2.11. The van der Waals surface area contributed by atoms with E-state index in [1.54, 1.807) is 24.3 Å². The molecule has 0 fully saturated rings. The average Bonchev–Trinajstić information content (AvgIpc) is 3.07. The highest BCUT2D eigenvalue weighted by Gasteiger charge is 2.13.